The summed E-state index contributed by atoms with van der Waals surface area (Å²) in [5.41, 5.74) is 0.696. The monoisotopic (exact) mass is 471 g/mol. The van der Waals surface area contributed by atoms with Gasteiger partial charge in [-0.15, -0.1) is 11.3 Å². The molecule has 0 aromatic carbocycles. The molecule has 0 saturated heterocycles. The maximum absolute atomic E-state index is 12.9. The Morgan fingerprint density at radius 1 is 1.23 bits per heavy atom. The number of anilines is 3. The molecule has 0 bridgehead atoms. The van der Waals surface area contributed by atoms with Crippen molar-refractivity contribution in [1.29, 1.82) is 0 Å². The minimum atomic E-state index is -3.84. The Hall–Kier alpha value is -2.15. The number of hydrogen-bond acceptors (Lipinski definition) is 10. The number of rotatable bonds is 7. The molecular weight excluding hydrogens is 446 g/mol. The minimum Gasteiger partial charge on any atom is -0.504 e. The van der Waals surface area contributed by atoms with Gasteiger partial charge in [0.25, 0.3) is 10.0 Å². The highest BCUT2D eigenvalue weighted by Gasteiger charge is 2.34. The number of aromatic hydroxyl groups is 1. The molecule has 0 fully saturated rings. The highest BCUT2D eigenvalue weighted by atomic mass is 32.2. The van der Waals surface area contributed by atoms with Crippen molar-refractivity contribution >= 4 is 50.4 Å². The lowest BCUT2D eigenvalue weighted by Crippen LogP contribution is -2.42. The quantitative estimate of drug-likeness (QED) is 0.467. The summed E-state index contributed by atoms with van der Waals surface area (Å²) in [7, 11) is -2.35. The highest BCUT2D eigenvalue weighted by Crippen LogP contribution is 2.42. The van der Waals surface area contributed by atoms with Crippen LogP contribution in [0.4, 0.5) is 17.3 Å². The molecule has 3 rings (SSSR count). The lowest BCUT2D eigenvalue weighted by molar-refractivity contribution is 0.291. The topological polar surface area (TPSA) is 121 Å². The molecule has 164 valence electrons. The summed E-state index contributed by atoms with van der Waals surface area (Å²) in [4.78, 5) is 0. The second kappa shape index (κ2) is 8.17. The van der Waals surface area contributed by atoms with Gasteiger partial charge >= 0.3 is 0 Å². The van der Waals surface area contributed by atoms with E-state index < -0.39 is 15.6 Å². The van der Waals surface area contributed by atoms with Crippen LogP contribution in [0.5, 0.6) is 5.75 Å². The molecule has 0 aliphatic heterocycles. The van der Waals surface area contributed by atoms with Gasteiger partial charge in [-0.3, -0.25) is 0 Å². The van der Waals surface area contributed by atoms with Crippen molar-refractivity contribution in [2.45, 2.75) is 50.9 Å². The summed E-state index contributed by atoms with van der Waals surface area (Å²) in [6.45, 7) is 9.65. The third-order valence-electron chi connectivity index (χ3n) is 4.66. The van der Waals surface area contributed by atoms with E-state index in [0.29, 0.717) is 18.2 Å². The lowest BCUT2D eigenvalue weighted by Gasteiger charge is -2.30. The van der Waals surface area contributed by atoms with Gasteiger partial charge in [0.2, 0.25) is 0 Å². The van der Waals surface area contributed by atoms with Crippen LogP contribution in [-0.4, -0.2) is 39.2 Å². The van der Waals surface area contributed by atoms with Crippen molar-refractivity contribution in [1.82, 2.24) is 13.1 Å². The summed E-state index contributed by atoms with van der Waals surface area (Å²) in [5, 5.41) is 18.2. The summed E-state index contributed by atoms with van der Waals surface area (Å²) < 4.78 is 40.9. The molecule has 0 radical (unpaired) electrons. The molecule has 0 spiro atoms. The predicted molar refractivity (Wildman–Crippen MR) is 119 cm³/mol. The average Bonchev–Trinajstić information content (AvgIpc) is 3.33. The molecule has 0 aliphatic carbocycles. The van der Waals surface area contributed by atoms with Crippen LogP contribution in [-0.2, 0) is 16.6 Å². The van der Waals surface area contributed by atoms with Crippen molar-refractivity contribution < 1.29 is 17.9 Å². The number of aromatic nitrogens is 2. The van der Waals surface area contributed by atoms with E-state index in [9.17, 15) is 13.5 Å². The van der Waals surface area contributed by atoms with Crippen molar-refractivity contribution in [3.05, 3.63) is 28.5 Å². The fourth-order valence-corrected chi connectivity index (χ4v) is 5.91. The normalized spacial score (nSPS) is 12.5. The second-order valence-corrected chi connectivity index (χ2v) is 11.4. The molecule has 0 aliphatic rings. The van der Waals surface area contributed by atoms with E-state index in [2.05, 4.69) is 19.4 Å². The predicted octanol–water partition coefficient (Wildman–Crippen LogP) is 4.29. The van der Waals surface area contributed by atoms with Crippen molar-refractivity contribution in [2.75, 3.05) is 17.7 Å². The van der Waals surface area contributed by atoms with Crippen LogP contribution >= 0.6 is 23.1 Å². The fraction of sp³-hybridized carbons (Fsp3) is 0.444. The van der Waals surface area contributed by atoms with Crippen LogP contribution in [0.25, 0.3) is 0 Å². The Kier molecular flexibility index (Phi) is 6.14. The molecule has 0 atom stereocenters. The number of furan rings is 1. The molecule has 0 amide bonds. The SMILES string of the molecule is Cc1cc(CNc2nsnc2Nc2csc(S(=O)(=O)N(C)C(C)(C)C)c2O)oc1C. The fourth-order valence-electron chi connectivity index (χ4n) is 2.51. The van der Waals surface area contributed by atoms with Gasteiger partial charge in [-0.25, -0.2) is 8.42 Å². The smallest absolute Gasteiger partial charge is 0.256 e. The zero-order valence-electron chi connectivity index (χ0n) is 17.6. The second-order valence-electron chi connectivity index (χ2n) is 7.82. The first-order chi connectivity index (χ1) is 13.9. The number of nitrogens with zero attached hydrogens (tertiary/aromatic N) is 3. The van der Waals surface area contributed by atoms with Crippen LogP contribution < -0.4 is 10.6 Å². The molecule has 0 saturated carbocycles. The van der Waals surface area contributed by atoms with E-state index in [-0.39, 0.29) is 15.6 Å². The Morgan fingerprint density at radius 2 is 1.90 bits per heavy atom. The van der Waals surface area contributed by atoms with Crippen molar-refractivity contribution in [2.24, 2.45) is 0 Å². The molecule has 3 heterocycles. The molecule has 3 aromatic heterocycles. The highest BCUT2D eigenvalue weighted by molar-refractivity contribution is 7.91. The van der Waals surface area contributed by atoms with E-state index in [0.717, 1.165) is 40.1 Å². The average molecular weight is 472 g/mol. The van der Waals surface area contributed by atoms with Crippen LogP contribution in [0.2, 0.25) is 0 Å². The maximum atomic E-state index is 12.9. The largest absolute Gasteiger partial charge is 0.504 e. The van der Waals surface area contributed by atoms with Gasteiger partial charge in [-0.1, -0.05) is 0 Å². The number of nitrogens with one attached hydrogen (secondary N) is 2. The summed E-state index contributed by atoms with van der Waals surface area (Å²) in [5.74, 6) is 2.15. The standard InChI is InChI=1S/C18H25N5O4S3/c1-10-7-12(27-11(10)2)8-19-15-16(22-29-21-15)20-13-9-28-17(14(13)24)30(25,26)23(6)18(3,4)5/h7,9,24H,8H2,1-6H3,(H,19,21)(H,20,22). The molecule has 30 heavy (non-hydrogen) atoms. The van der Waals surface area contributed by atoms with Gasteiger partial charge in [-0.2, -0.15) is 13.1 Å². The minimum absolute atomic E-state index is 0.123. The Morgan fingerprint density at radius 3 is 2.50 bits per heavy atom. The summed E-state index contributed by atoms with van der Waals surface area (Å²) in [6, 6.07) is 1.95. The number of thiophene rings is 1. The van der Waals surface area contributed by atoms with Gasteiger partial charge in [0, 0.05) is 18.0 Å². The molecule has 3 N–H and O–H groups in total. The maximum Gasteiger partial charge on any atom is 0.256 e. The van der Waals surface area contributed by atoms with Crippen LogP contribution in [0.3, 0.4) is 0 Å². The lowest BCUT2D eigenvalue weighted by atomic mass is 10.1. The van der Waals surface area contributed by atoms with E-state index in [1.807, 2.05) is 19.9 Å². The van der Waals surface area contributed by atoms with Crippen LogP contribution in [0.1, 0.15) is 37.9 Å². The summed E-state index contributed by atoms with van der Waals surface area (Å²) >= 11 is 1.94. The zero-order chi connectivity index (χ0) is 22.3. The zero-order valence-corrected chi connectivity index (χ0v) is 20.0. The van der Waals surface area contributed by atoms with Gasteiger partial charge in [0.1, 0.15) is 11.5 Å². The van der Waals surface area contributed by atoms with Gasteiger partial charge in [0.15, 0.2) is 21.6 Å². The first kappa shape index (κ1) is 22.5. The third-order valence-corrected chi connectivity index (χ3v) is 8.80. The molecule has 0 unspecified atom stereocenters. The van der Waals surface area contributed by atoms with E-state index in [4.69, 9.17) is 4.42 Å². The molecule has 12 heteroatoms. The number of aryl methyl sites for hydroxylation is 2. The van der Waals surface area contributed by atoms with Gasteiger partial charge < -0.3 is 20.2 Å². The van der Waals surface area contributed by atoms with E-state index in [1.165, 1.54) is 11.4 Å². The van der Waals surface area contributed by atoms with Gasteiger partial charge in [0.05, 0.1) is 24.0 Å². The summed E-state index contributed by atoms with van der Waals surface area (Å²) in [6.07, 6.45) is 0. The third kappa shape index (κ3) is 4.46. The molecule has 9 nitrogen and oxygen atoms in total. The van der Waals surface area contributed by atoms with Gasteiger partial charge in [-0.05, 0) is 46.2 Å². The molecular formula is C18H25N5O4S3. The van der Waals surface area contributed by atoms with E-state index in [1.54, 1.807) is 26.2 Å². The van der Waals surface area contributed by atoms with Crippen molar-refractivity contribution in [3.63, 3.8) is 0 Å². The van der Waals surface area contributed by atoms with E-state index >= 15 is 0 Å². The Labute approximate surface area is 184 Å². The van der Waals surface area contributed by atoms with Crippen molar-refractivity contribution in [3.8, 4) is 5.75 Å². The first-order valence-corrected chi connectivity index (χ1v) is 12.1. The Balaban J connectivity index is 1.78. The number of sulfonamides is 1. The first-order valence-electron chi connectivity index (χ1n) is 9.10. The number of hydrogen-bond donors (Lipinski definition) is 3. The molecule has 3 aromatic rings. The van der Waals surface area contributed by atoms with Crippen LogP contribution in [0.15, 0.2) is 20.1 Å². The Bertz CT molecular complexity index is 1120. The van der Waals surface area contributed by atoms with Crippen LogP contribution in [0, 0.1) is 13.8 Å².